The number of rotatable bonds is 13. The van der Waals surface area contributed by atoms with Crippen molar-refractivity contribution in [2.45, 2.75) is 78.6 Å². The SMILES string of the molecule is C[Si](C)(C)c1cc(-c2c(-c3ccccc3-c3cc(-c4ccccc4-c4ccc(-n5nc6ccccc6n5)cc4)cc(-c4ccccc4-c4ccn5c(=O)c6ccccc6nc5c4-c4cc([Si](C)(C)C)cc([Si](C)(C)C)c4)c3)ccn3c(=O)c4ccccc4nc23)cc([Si](C)(C)C)c1. The van der Waals surface area contributed by atoms with Crippen molar-refractivity contribution >= 4 is 97.2 Å². The molecule has 0 unspecified atom stereocenters. The third-order valence-corrected chi connectivity index (χ3v) is 27.3. The lowest BCUT2D eigenvalue weighted by Crippen LogP contribution is -2.45. The van der Waals surface area contributed by atoms with Gasteiger partial charge in [0.15, 0.2) is 0 Å². The molecule has 97 heavy (non-hydrogen) atoms. The highest BCUT2D eigenvalue weighted by Crippen LogP contribution is 2.46. The molecule has 13 heteroatoms. The minimum atomic E-state index is -1.91. The van der Waals surface area contributed by atoms with E-state index in [1.54, 1.807) is 13.6 Å². The van der Waals surface area contributed by atoms with E-state index in [2.05, 4.69) is 242 Å². The Labute approximate surface area is 570 Å². The van der Waals surface area contributed by atoms with Crippen LogP contribution in [0.3, 0.4) is 0 Å². The zero-order chi connectivity index (χ0) is 67.4. The van der Waals surface area contributed by atoms with Crippen molar-refractivity contribution in [3.8, 4) is 94.7 Å². The second kappa shape index (κ2) is 23.8. The molecule has 0 spiro atoms. The number of hydrogen-bond acceptors (Lipinski definition) is 6. The van der Waals surface area contributed by atoms with E-state index in [0.717, 1.165) is 106 Å². The first-order chi connectivity index (χ1) is 46.4. The highest BCUT2D eigenvalue weighted by atomic mass is 28.3. The number of hydrogen-bond donors (Lipinski definition) is 0. The summed E-state index contributed by atoms with van der Waals surface area (Å²) in [5, 5.41) is 16.3. The fraction of sp³-hybridized carbons (Fsp3) is 0.143. The predicted octanol–water partition coefficient (Wildman–Crippen LogP) is 18.3. The summed E-state index contributed by atoms with van der Waals surface area (Å²) in [6.45, 7) is 29.0. The summed E-state index contributed by atoms with van der Waals surface area (Å²) in [6.07, 6.45) is 3.86. The second-order valence-electron chi connectivity index (χ2n) is 30.0. The smallest absolute Gasteiger partial charge is 0.265 e. The van der Waals surface area contributed by atoms with Crippen LogP contribution in [0.4, 0.5) is 0 Å². The van der Waals surface area contributed by atoms with Gasteiger partial charge in [0, 0.05) is 23.5 Å². The normalized spacial score (nSPS) is 12.4. The Kier molecular flexibility index (Phi) is 15.4. The third-order valence-electron chi connectivity index (χ3n) is 19.2. The molecule has 0 bridgehead atoms. The van der Waals surface area contributed by atoms with Gasteiger partial charge in [-0.1, -0.05) is 257 Å². The Morgan fingerprint density at radius 3 is 0.948 bits per heavy atom. The summed E-state index contributed by atoms with van der Waals surface area (Å²) < 4.78 is 3.52. The summed E-state index contributed by atoms with van der Waals surface area (Å²) in [5.74, 6) is 0. The monoisotopic (exact) mass is 1330 g/mol. The third kappa shape index (κ3) is 11.6. The number of nitrogens with zero attached hydrogens (tertiary/aromatic N) is 7. The minimum Gasteiger partial charge on any atom is -0.268 e. The molecular weight excluding hydrogens is 1250 g/mol. The van der Waals surface area contributed by atoms with Crippen molar-refractivity contribution in [3.05, 3.63) is 270 Å². The summed E-state index contributed by atoms with van der Waals surface area (Å²) in [6, 6.07) is 84.0. The second-order valence-corrected chi connectivity index (χ2v) is 50.3. The number of aromatic nitrogens is 7. The van der Waals surface area contributed by atoms with Crippen LogP contribution in [0.25, 0.3) is 139 Å². The first-order valence-electron chi connectivity index (χ1n) is 33.5. The van der Waals surface area contributed by atoms with E-state index in [-0.39, 0.29) is 11.1 Å². The van der Waals surface area contributed by atoms with E-state index in [1.807, 2.05) is 85.2 Å². The van der Waals surface area contributed by atoms with Gasteiger partial charge in [0.05, 0.1) is 59.8 Å². The van der Waals surface area contributed by atoms with E-state index < -0.39 is 32.3 Å². The molecule has 10 aromatic carbocycles. The maximum absolute atomic E-state index is 14.8. The van der Waals surface area contributed by atoms with Gasteiger partial charge in [-0.3, -0.25) is 18.4 Å². The van der Waals surface area contributed by atoms with Crippen molar-refractivity contribution in [1.29, 1.82) is 0 Å². The molecule has 0 amide bonds. The van der Waals surface area contributed by atoms with E-state index in [1.165, 1.54) is 20.7 Å². The van der Waals surface area contributed by atoms with Crippen molar-refractivity contribution in [2.75, 3.05) is 0 Å². The van der Waals surface area contributed by atoms with E-state index in [0.29, 0.717) is 33.1 Å². The Morgan fingerprint density at radius 1 is 0.278 bits per heavy atom. The first-order valence-corrected chi connectivity index (χ1v) is 47.5. The highest BCUT2D eigenvalue weighted by molar-refractivity contribution is 6.92. The molecule has 0 radical (unpaired) electrons. The van der Waals surface area contributed by atoms with Gasteiger partial charge in [0.1, 0.15) is 22.3 Å². The lowest BCUT2D eigenvalue weighted by molar-refractivity contribution is 0.766. The molecule has 0 saturated heterocycles. The maximum atomic E-state index is 14.8. The quantitative estimate of drug-likeness (QED) is 0.0842. The van der Waals surface area contributed by atoms with Crippen molar-refractivity contribution in [3.63, 3.8) is 0 Å². The standard InChI is InChI=1S/C84H77N7O2Si4/c1-94(2,3)61-48-58(49-62(52-61)95(4,5)6)79-71(41-43-89-81(79)85-75-33-21-19-31-73(75)83(89)92)69-29-17-15-27-67(69)56-45-55(66-26-14-13-25-65(66)54-37-39-60(40-38-54)91-87-77-35-23-24-36-78(77)88-91)46-57(47-56)68-28-16-18-30-70(68)72-42-44-90-82(86-76-34-22-20-32-74(76)84(90)93)80(72)59-50-63(96(7,8)9)53-64(51-59)97(10,11)12/h13-53H,1-12H3. The van der Waals surface area contributed by atoms with Gasteiger partial charge >= 0.3 is 0 Å². The molecule has 0 aliphatic rings. The van der Waals surface area contributed by atoms with Crippen molar-refractivity contribution in [2.24, 2.45) is 0 Å². The number of para-hydroxylation sites is 2. The van der Waals surface area contributed by atoms with Crippen LogP contribution in [0, 0.1) is 0 Å². The van der Waals surface area contributed by atoms with Gasteiger partial charge in [-0.2, -0.15) is 4.80 Å². The predicted molar refractivity (Wildman–Crippen MR) is 419 cm³/mol. The van der Waals surface area contributed by atoms with Crippen LogP contribution in [0.5, 0.6) is 0 Å². The number of benzene rings is 10. The van der Waals surface area contributed by atoms with E-state index in [4.69, 9.17) is 20.2 Å². The van der Waals surface area contributed by atoms with Crippen LogP contribution in [0.1, 0.15) is 0 Å². The van der Waals surface area contributed by atoms with Crippen LogP contribution < -0.4 is 31.9 Å². The van der Waals surface area contributed by atoms with Crippen molar-refractivity contribution < 1.29 is 0 Å². The number of pyridine rings is 2. The topological polar surface area (TPSA) is 99.5 Å². The van der Waals surface area contributed by atoms with Crippen LogP contribution in [-0.2, 0) is 0 Å². The lowest BCUT2D eigenvalue weighted by Gasteiger charge is -2.26. The van der Waals surface area contributed by atoms with E-state index >= 15 is 0 Å². The Hall–Kier alpha value is -10.3. The van der Waals surface area contributed by atoms with E-state index in [9.17, 15) is 9.59 Å². The van der Waals surface area contributed by atoms with Gasteiger partial charge in [-0.25, -0.2) is 9.97 Å². The highest BCUT2D eigenvalue weighted by Gasteiger charge is 2.30. The molecular formula is C84H77N7O2Si4. The summed E-state index contributed by atoms with van der Waals surface area (Å²) in [4.78, 5) is 42.3. The maximum Gasteiger partial charge on any atom is 0.265 e. The molecule has 0 N–H and O–H groups in total. The van der Waals surface area contributed by atoms with Crippen LogP contribution in [0.15, 0.2) is 259 Å². The minimum absolute atomic E-state index is 0.101. The van der Waals surface area contributed by atoms with Crippen LogP contribution in [0.2, 0.25) is 78.6 Å². The van der Waals surface area contributed by atoms with Gasteiger partial charge < -0.3 is 0 Å². The molecule has 9 nitrogen and oxygen atoms in total. The first kappa shape index (κ1) is 62.8. The summed E-state index contributed by atoms with van der Waals surface area (Å²) in [7, 11) is -7.64. The fourth-order valence-electron chi connectivity index (χ4n) is 13.7. The Balaban J connectivity index is 1.01. The average molecular weight is 1330 g/mol. The Morgan fingerprint density at radius 2 is 0.588 bits per heavy atom. The van der Waals surface area contributed by atoms with Gasteiger partial charge in [-0.05, 0) is 157 Å². The molecule has 0 aliphatic heterocycles. The van der Waals surface area contributed by atoms with Crippen molar-refractivity contribution in [1.82, 2.24) is 33.8 Å². The van der Waals surface area contributed by atoms with Crippen LogP contribution >= 0.6 is 0 Å². The molecule has 15 rings (SSSR count). The largest absolute Gasteiger partial charge is 0.268 e. The Bertz CT molecular complexity index is 5450. The van der Waals surface area contributed by atoms with Gasteiger partial charge in [0.2, 0.25) is 0 Å². The molecule has 476 valence electrons. The molecule has 0 fully saturated rings. The molecule has 5 heterocycles. The zero-order valence-corrected chi connectivity index (χ0v) is 61.1. The molecule has 15 aromatic rings. The average Bonchev–Trinajstić information content (AvgIpc) is 1.20. The summed E-state index contributed by atoms with van der Waals surface area (Å²) in [5.41, 5.74) is 21.1. The molecule has 5 aromatic heterocycles. The molecule has 0 aliphatic carbocycles. The van der Waals surface area contributed by atoms with Gasteiger partial charge in [0.25, 0.3) is 11.1 Å². The fourth-order valence-corrected chi connectivity index (χ4v) is 18.7. The number of fused-ring (bicyclic) bond motifs is 5. The van der Waals surface area contributed by atoms with Gasteiger partial charge in [-0.15, -0.1) is 10.2 Å². The molecule has 0 atom stereocenters. The van der Waals surface area contributed by atoms with Crippen LogP contribution in [-0.4, -0.2) is 66.1 Å². The zero-order valence-electron chi connectivity index (χ0n) is 57.1. The lowest BCUT2D eigenvalue weighted by atomic mass is 9.84. The summed E-state index contributed by atoms with van der Waals surface area (Å²) >= 11 is 0. The molecule has 0 saturated carbocycles.